The SMILES string of the molecule is CCC(CC)c1cc(-c2cc(C(C)(C)C)ccc2C)[n+](C)cc1[Si](C)(C)C. The molecule has 1 aromatic carbocycles. The lowest BCUT2D eigenvalue weighted by Gasteiger charge is -2.25. The van der Waals surface area contributed by atoms with Gasteiger partial charge in [0.05, 0.1) is 8.07 Å². The van der Waals surface area contributed by atoms with Crippen LogP contribution in [-0.2, 0) is 12.5 Å². The fourth-order valence-corrected chi connectivity index (χ4v) is 5.71. The van der Waals surface area contributed by atoms with Crippen LogP contribution in [0.2, 0.25) is 19.6 Å². The van der Waals surface area contributed by atoms with Crippen LogP contribution in [0.25, 0.3) is 11.3 Å². The number of pyridine rings is 1. The van der Waals surface area contributed by atoms with E-state index in [0.717, 1.165) is 0 Å². The van der Waals surface area contributed by atoms with E-state index in [-0.39, 0.29) is 5.41 Å². The highest BCUT2D eigenvalue weighted by Gasteiger charge is 2.29. The van der Waals surface area contributed by atoms with E-state index in [4.69, 9.17) is 0 Å². The molecule has 1 aromatic heterocycles. The second-order valence-electron chi connectivity index (χ2n) is 10.2. The second kappa shape index (κ2) is 7.91. The molecule has 0 amide bonds. The number of benzene rings is 1. The minimum absolute atomic E-state index is 0.164. The van der Waals surface area contributed by atoms with Gasteiger partial charge in [-0.15, -0.1) is 0 Å². The molecular weight excluding hydrogens is 342 g/mol. The van der Waals surface area contributed by atoms with Gasteiger partial charge in [0.25, 0.3) is 0 Å². The van der Waals surface area contributed by atoms with Crippen molar-refractivity contribution in [2.45, 2.75) is 85.4 Å². The monoisotopic (exact) mass is 382 g/mol. The van der Waals surface area contributed by atoms with E-state index in [1.165, 1.54) is 35.2 Å². The molecule has 0 aliphatic rings. The quantitative estimate of drug-likeness (QED) is 0.426. The molecule has 27 heavy (non-hydrogen) atoms. The molecule has 2 aromatic rings. The van der Waals surface area contributed by atoms with E-state index in [2.05, 4.69) is 103 Å². The number of nitrogens with zero attached hydrogens (tertiary/aromatic N) is 1. The normalized spacial score (nSPS) is 12.7. The van der Waals surface area contributed by atoms with Gasteiger partial charge < -0.3 is 0 Å². The fourth-order valence-electron chi connectivity index (χ4n) is 3.99. The Kier molecular flexibility index (Phi) is 6.41. The molecule has 0 spiro atoms. The van der Waals surface area contributed by atoms with E-state index in [1.54, 1.807) is 10.8 Å². The zero-order valence-electron chi connectivity index (χ0n) is 19.3. The molecule has 0 fully saturated rings. The predicted molar refractivity (Wildman–Crippen MR) is 123 cm³/mol. The lowest BCUT2D eigenvalue weighted by molar-refractivity contribution is -0.659. The zero-order valence-corrected chi connectivity index (χ0v) is 20.3. The van der Waals surface area contributed by atoms with Crippen LogP contribution in [0.15, 0.2) is 30.5 Å². The maximum atomic E-state index is 2.51. The average Bonchev–Trinajstić information content (AvgIpc) is 2.55. The standard InChI is InChI=1S/C25H40NSi/c1-11-19(12-2)22-16-23(26(7)17-24(22)27(8,9)10)21-15-20(25(4,5)6)14-13-18(21)3/h13-17,19H,11-12H2,1-10H3/q+1. The molecule has 0 saturated heterocycles. The molecular formula is C25H40NSi+. The molecule has 0 atom stereocenters. The first-order valence-electron chi connectivity index (χ1n) is 10.6. The first-order valence-corrected chi connectivity index (χ1v) is 14.1. The van der Waals surface area contributed by atoms with Crippen LogP contribution in [-0.4, -0.2) is 8.07 Å². The van der Waals surface area contributed by atoms with E-state index >= 15 is 0 Å². The third-order valence-corrected chi connectivity index (χ3v) is 7.95. The summed E-state index contributed by atoms with van der Waals surface area (Å²) in [6.45, 7) is 21.2. The van der Waals surface area contributed by atoms with Crippen LogP contribution in [0.3, 0.4) is 0 Å². The summed E-state index contributed by atoms with van der Waals surface area (Å²) in [4.78, 5) is 0. The van der Waals surface area contributed by atoms with E-state index in [9.17, 15) is 0 Å². The van der Waals surface area contributed by atoms with Crippen molar-refractivity contribution in [1.29, 1.82) is 0 Å². The van der Waals surface area contributed by atoms with Crippen LogP contribution in [0.5, 0.6) is 0 Å². The molecule has 0 radical (unpaired) electrons. The number of hydrogen-bond acceptors (Lipinski definition) is 0. The topological polar surface area (TPSA) is 3.88 Å². The molecule has 1 nitrogen and oxygen atoms in total. The Morgan fingerprint density at radius 2 is 1.59 bits per heavy atom. The highest BCUT2D eigenvalue weighted by molar-refractivity contribution is 6.89. The molecule has 0 unspecified atom stereocenters. The van der Waals surface area contributed by atoms with Crippen molar-refractivity contribution in [3.8, 4) is 11.3 Å². The molecule has 0 bridgehead atoms. The Hall–Kier alpha value is -1.41. The predicted octanol–water partition coefficient (Wildman–Crippen LogP) is 6.23. The minimum atomic E-state index is -1.40. The molecule has 0 aliphatic carbocycles. The largest absolute Gasteiger partial charge is 0.212 e. The van der Waals surface area contributed by atoms with Gasteiger partial charge in [-0.05, 0) is 53.9 Å². The smallest absolute Gasteiger partial charge is 0.201 e. The van der Waals surface area contributed by atoms with Crippen LogP contribution in [0.1, 0.15) is 70.1 Å². The molecule has 0 N–H and O–H groups in total. The van der Waals surface area contributed by atoms with Crippen molar-refractivity contribution in [3.63, 3.8) is 0 Å². The van der Waals surface area contributed by atoms with E-state index in [0.29, 0.717) is 5.92 Å². The van der Waals surface area contributed by atoms with Crippen molar-refractivity contribution in [2.75, 3.05) is 0 Å². The van der Waals surface area contributed by atoms with Crippen molar-refractivity contribution < 1.29 is 4.57 Å². The van der Waals surface area contributed by atoms with Crippen molar-refractivity contribution >= 4 is 13.3 Å². The van der Waals surface area contributed by atoms with Crippen LogP contribution >= 0.6 is 0 Å². The molecule has 0 saturated carbocycles. The van der Waals surface area contributed by atoms with Gasteiger partial charge in [0.2, 0.25) is 5.69 Å². The Morgan fingerprint density at radius 3 is 2.07 bits per heavy atom. The van der Waals surface area contributed by atoms with Gasteiger partial charge in [-0.2, -0.15) is 0 Å². The lowest BCUT2D eigenvalue weighted by atomic mass is 9.84. The summed E-state index contributed by atoms with van der Waals surface area (Å²) in [6, 6.07) is 9.51. The maximum absolute atomic E-state index is 2.51. The van der Waals surface area contributed by atoms with Gasteiger partial charge in [-0.3, -0.25) is 0 Å². The first kappa shape index (κ1) is 21.9. The molecule has 2 rings (SSSR count). The van der Waals surface area contributed by atoms with Crippen molar-refractivity contribution in [2.24, 2.45) is 7.05 Å². The number of hydrogen-bond donors (Lipinski definition) is 0. The molecule has 2 heteroatoms. The summed E-state index contributed by atoms with van der Waals surface area (Å²) in [5.74, 6) is 0.651. The van der Waals surface area contributed by atoms with Crippen molar-refractivity contribution in [3.05, 3.63) is 47.2 Å². The number of rotatable bonds is 5. The van der Waals surface area contributed by atoms with Crippen molar-refractivity contribution in [1.82, 2.24) is 0 Å². The molecule has 148 valence electrons. The first-order chi connectivity index (χ1) is 12.4. The number of aryl methyl sites for hydroxylation is 2. The van der Waals surface area contributed by atoms with E-state index in [1.807, 2.05) is 0 Å². The Labute approximate surface area is 168 Å². The third kappa shape index (κ3) is 4.71. The summed E-state index contributed by atoms with van der Waals surface area (Å²) in [5.41, 5.74) is 7.24. The Balaban J connectivity index is 2.77. The van der Waals surface area contributed by atoms with Gasteiger partial charge in [0.15, 0.2) is 6.20 Å². The van der Waals surface area contributed by atoms with Crippen LogP contribution < -0.4 is 9.75 Å². The summed E-state index contributed by atoms with van der Waals surface area (Å²) >= 11 is 0. The van der Waals surface area contributed by atoms with Gasteiger partial charge in [-0.1, -0.05) is 66.4 Å². The van der Waals surface area contributed by atoms with Gasteiger partial charge in [0.1, 0.15) is 7.05 Å². The second-order valence-corrected chi connectivity index (χ2v) is 15.2. The highest BCUT2D eigenvalue weighted by atomic mass is 28.3. The van der Waals surface area contributed by atoms with E-state index < -0.39 is 8.07 Å². The third-order valence-electron chi connectivity index (χ3n) is 5.92. The highest BCUT2D eigenvalue weighted by Crippen LogP contribution is 2.31. The summed E-state index contributed by atoms with van der Waals surface area (Å²) in [6.07, 6.45) is 4.86. The summed E-state index contributed by atoms with van der Waals surface area (Å²) in [7, 11) is 0.817. The maximum Gasteiger partial charge on any atom is 0.212 e. The average molecular weight is 383 g/mol. The lowest BCUT2D eigenvalue weighted by Crippen LogP contribution is -2.47. The Morgan fingerprint density at radius 1 is 1.00 bits per heavy atom. The summed E-state index contributed by atoms with van der Waals surface area (Å²) in [5, 5.41) is 1.62. The van der Waals surface area contributed by atoms with Gasteiger partial charge in [-0.25, -0.2) is 4.57 Å². The van der Waals surface area contributed by atoms with Crippen LogP contribution in [0, 0.1) is 6.92 Å². The summed E-state index contributed by atoms with van der Waals surface area (Å²) < 4.78 is 2.37. The molecule has 1 heterocycles. The Bertz CT molecular complexity index is 802. The molecule has 0 aliphatic heterocycles. The van der Waals surface area contributed by atoms with Gasteiger partial charge in [0, 0.05) is 16.8 Å². The van der Waals surface area contributed by atoms with Gasteiger partial charge >= 0.3 is 0 Å². The van der Waals surface area contributed by atoms with Crippen LogP contribution in [0.4, 0.5) is 0 Å². The fraction of sp³-hybridized carbons (Fsp3) is 0.560. The zero-order chi connectivity index (χ0) is 20.6. The minimum Gasteiger partial charge on any atom is -0.201 e. The number of aromatic nitrogens is 1.